The molecular formula is C53H70O11. The number of rotatable bonds is 18. The predicted molar refractivity (Wildman–Crippen MR) is 243 cm³/mol. The van der Waals surface area contributed by atoms with Crippen molar-refractivity contribution in [2.24, 2.45) is 34.5 Å². The lowest BCUT2D eigenvalue weighted by Gasteiger charge is -2.49. The lowest BCUT2D eigenvalue weighted by atomic mass is 9.56. The van der Waals surface area contributed by atoms with Crippen LogP contribution < -0.4 is 0 Å². The van der Waals surface area contributed by atoms with E-state index < -0.39 is 53.4 Å². The van der Waals surface area contributed by atoms with Crippen LogP contribution in [0.25, 0.3) is 0 Å². The Morgan fingerprint density at radius 1 is 0.844 bits per heavy atom. The largest absolute Gasteiger partial charge is 0.481 e. The number of aliphatic carboxylic acids is 2. The molecule has 348 valence electrons. The van der Waals surface area contributed by atoms with Gasteiger partial charge in [-0.3, -0.25) is 19.2 Å². The SMILES string of the molecule is CCCCC(C)(C)C/C=C/[C@H]1CCC(=O)[C@@H]1CCCC(CC(=O)O)(OC(C)=O)/C(OC(=O)c1ccccc1)=C(\OC(C)=O)C(=O)O.C[C@@]12CCC[C@H]1[C@@H]1CCc3ccccc3[C@H]1CC2. The fourth-order valence-corrected chi connectivity index (χ4v) is 11.3. The second-order valence-electron chi connectivity index (χ2n) is 19.7. The first-order valence-electron chi connectivity index (χ1n) is 23.5. The molecule has 0 amide bonds. The molecule has 3 saturated carbocycles. The highest BCUT2D eigenvalue weighted by atomic mass is 16.6. The number of aryl methyl sites for hydroxylation is 1. The van der Waals surface area contributed by atoms with Crippen LogP contribution in [0.2, 0.25) is 0 Å². The molecule has 0 bridgehead atoms. The van der Waals surface area contributed by atoms with Crippen molar-refractivity contribution in [1.29, 1.82) is 0 Å². The Labute approximate surface area is 379 Å². The zero-order valence-corrected chi connectivity index (χ0v) is 38.8. The predicted octanol–water partition coefficient (Wildman–Crippen LogP) is 11.3. The molecule has 64 heavy (non-hydrogen) atoms. The van der Waals surface area contributed by atoms with Crippen LogP contribution in [0.15, 0.2) is 78.3 Å². The summed E-state index contributed by atoms with van der Waals surface area (Å²) in [6.45, 7) is 11.0. The Hall–Kier alpha value is -5.06. The molecule has 11 heteroatoms. The standard InChI is InChI=1S/C35H46O11.C18H24/c1-6-7-19-34(4,5)20-11-15-25-17-18-28(38)27(25)16-12-21-35(22-29(39)40,46-24(3)37)31(30(32(41)42)44-23(2)36)45-33(43)26-13-9-8-10-14-26;1-18-11-4-7-17(18)16-9-8-13-5-2-3-6-14(13)15(16)10-12-18/h8-11,13-15,25,27H,6-7,12,16-22H2,1-5H3,(H,39,40)(H,41,42);2-3,5-6,15-17H,4,7-12H2,1H3/b15-11+,31-30+;/t25-,27+,35?;15-,16-,17+,18+/m01/s1. The van der Waals surface area contributed by atoms with Crippen LogP contribution in [0.4, 0.5) is 0 Å². The monoisotopic (exact) mass is 882 g/mol. The van der Waals surface area contributed by atoms with E-state index >= 15 is 0 Å². The zero-order valence-electron chi connectivity index (χ0n) is 38.8. The molecule has 2 aromatic rings. The van der Waals surface area contributed by atoms with E-state index in [1.54, 1.807) is 17.2 Å². The van der Waals surface area contributed by atoms with E-state index in [0.29, 0.717) is 18.3 Å². The number of ketones is 1. The van der Waals surface area contributed by atoms with Crippen LogP contribution in [0, 0.1) is 34.5 Å². The van der Waals surface area contributed by atoms with Gasteiger partial charge < -0.3 is 24.4 Å². The summed E-state index contributed by atoms with van der Waals surface area (Å²) in [5, 5.41) is 19.9. The first-order chi connectivity index (χ1) is 30.4. The number of ether oxygens (including phenoxy) is 3. The minimum absolute atomic E-state index is 0.0244. The topological polar surface area (TPSA) is 171 Å². The third-order valence-corrected chi connectivity index (χ3v) is 14.5. The lowest BCUT2D eigenvalue weighted by molar-refractivity contribution is -0.165. The summed E-state index contributed by atoms with van der Waals surface area (Å²) in [5.41, 5.74) is 1.79. The molecule has 0 saturated heterocycles. The van der Waals surface area contributed by atoms with Crippen LogP contribution in [-0.4, -0.2) is 51.4 Å². The van der Waals surface area contributed by atoms with Crippen LogP contribution >= 0.6 is 0 Å². The maximum absolute atomic E-state index is 13.2. The van der Waals surface area contributed by atoms with E-state index in [9.17, 15) is 39.0 Å². The number of carbonyl (C=O) groups is 6. The second kappa shape index (κ2) is 22.2. The summed E-state index contributed by atoms with van der Waals surface area (Å²) in [6, 6.07) is 16.7. The smallest absolute Gasteiger partial charge is 0.375 e. The van der Waals surface area contributed by atoms with Gasteiger partial charge in [0, 0.05) is 26.2 Å². The van der Waals surface area contributed by atoms with Gasteiger partial charge in [-0.15, -0.1) is 0 Å². The van der Waals surface area contributed by atoms with Gasteiger partial charge in [0.2, 0.25) is 5.76 Å². The van der Waals surface area contributed by atoms with Gasteiger partial charge in [0.1, 0.15) is 5.78 Å². The zero-order chi connectivity index (χ0) is 46.7. The van der Waals surface area contributed by atoms with Gasteiger partial charge in [-0.1, -0.05) is 102 Å². The van der Waals surface area contributed by atoms with Crippen molar-refractivity contribution in [1.82, 2.24) is 0 Å². The highest BCUT2D eigenvalue weighted by Gasteiger charge is 2.50. The summed E-state index contributed by atoms with van der Waals surface area (Å²) >= 11 is 0. The molecule has 0 heterocycles. The van der Waals surface area contributed by atoms with Crippen LogP contribution in [-0.2, 0) is 44.6 Å². The van der Waals surface area contributed by atoms with Crippen molar-refractivity contribution < 1.29 is 53.2 Å². The highest BCUT2D eigenvalue weighted by molar-refractivity contribution is 5.93. The fourth-order valence-electron chi connectivity index (χ4n) is 11.3. The van der Waals surface area contributed by atoms with Gasteiger partial charge in [0.15, 0.2) is 5.60 Å². The fraction of sp³-hybridized carbons (Fsp3) is 0.585. The van der Waals surface area contributed by atoms with Crippen molar-refractivity contribution in [2.75, 3.05) is 0 Å². The minimum Gasteiger partial charge on any atom is -0.481 e. The third-order valence-electron chi connectivity index (χ3n) is 14.5. The number of esters is 3. The molecular weight excluding hydrogens is 813 g/mol. The molecule has 6 rings (SSSR count). The van der Waals surface area contributed by atoms with Gasteiger partial charge >= 0.3 is 29.8 Å². The number of benzene rings is 2. The average Bonchev–Trinajstić information content (AvgIpc) is 3.82. The van der Waals surface area contributed by atoms with Gasteiger partial charge in [-0.25, -0.2) is 9.59 Å². The average molecular weight is 883 g/mol. The highest BCUT2D eigenvalue weighted by Crippen LogP contribution is 2.60. The number of carbonyl (C=O) groups excluding carboxylic acids is 4. The number of hydrogen-bond acceptors (Lipinski definition) is 9. The van der Waals surface area contributed by atoms with E-state index in [0.717, 1.165) is 57.3 Å². The number of carboxylic acids is 2. The molecule has 0 aliphatic heterocycles. The number of allylic oxidation sites excluding steroid dienone is 2. The van der Waals surface area contributed by atoms with Gasteiger partial charge in [-0.2, -0.15) is 0 Å². The molecule has 1 unspecified atom stereocenters. The number of fused-ring (bicyclic) bond motifs is 5. The number of unbranched alkanes of at least 4 members (excludes halogenated alkanes) is 1. The van der Waals surface area contributed by atoms with Crippen molar-refractivity contribution >= 4 is 35.6 Å². The third kappa shape index (κ3) is 12.8. The van der Waals surface area contributed by atoms with Gasteiger partial charge in [0.05, 0.1) is 12.0 Å². The van der Waals surface area contributed by atoms with E-state index in [4.69, 9.17) is 14.2 Å². The first-order valence-corrected chi connectivity index (χ1v) is 23.5. The summed E-state index contributed by atoms with van der Waals surface area (Å²) in [6.07, 6.45) is 18.6. The molecule has 0 spiro atoms. The lowest BCUT2D eigenvalue weighted by Crippen LogP contribution is -2.43. The van der Waals surface area contributed by atoms with Gasteiger partial charge in [-0.05, 0) is 135 Å². The molecule has 7 atom stereocenters. The van der Waals surface area contributed by atoms with E-state index in [1.807, 2.05) is 0 Å². The number of carboxylic acid groups (broad SMARTS) is 2. The quantitative estimate of drug-likeness (QED) is 0.0480. The Kier molecular flexibility index (Phi) is 17.3. The normalized spacial score (nSPS) is 25.0. The van der Waals surface area contributed by atoms with Crippen LogP contribution in [0.5, 0.6) is 0 Å². The molecule has 0 aromatic heterocycles. The number of Topliss-reactive ketones (excluding diaryl/α,β-unsaturated/α-hetero) is 1. The maximum Gasteiger partial charge on any atom is 0.375 e. The molecule has 11 nitrogen and oxygen atoms in total. The Morgan fingerprint density at radius 3 is 2.23 bits per heavy atom. The van der Waals surface area contributed by atoms with Crippen molar-refractivity contribution in [3.05, 3.63) is 95.0 Å². The first kappa shape index (κ1) is 49.9. The van der Waals surface area contributed by atoms with Crippen molar-refractivity contribution in [3.63, 3.8) is 0 Å². The summed E-state index contributed by atoms with van der Waals surface area (Å²) in [4.78, 5) is 74.9. The molecule has 0 radical (unpaired) electrons. The van der Waals surface area contributed by atoms with E-state index in [1.165, 1.54) is 69.2 Å². The molecule has 4 aliphatic rings. The number of hydrogen-bond donors (Lipinski definition) is 2. The molecule has 4 aliphatic carbocycles. The van der Waals surface area contributed by atoms with Crippen LogP contribution in [0.3, 0.4) is 0 Å². The Bertz CT molecular complexity index is 2030. The van der Waals surface area contributed by atoms with E-state index in [-0.39, 0.29) is 47.9 Å². The summed E-state index contributed by atoms with van der Waals surface area (Å²) in [5.74, 6) is -6.14. The second-order valence-corrected chi connectivity index (χ2v) is 19.7. The van der Waals surface area contributed by atoms with Crippen molar-refractivity contribution in [3.8, 4) is 0 Å². The Morgan fingerprint density at radius 2 is 1.56 bits per heavy atom. The summed E-state index contributed by atoms with van der Waals surface area (Å²) in [7, 11) is 0. The molecule has 2 aromatic carbocycles. The molecule has 3 fully saturated rings. The van der Waals surface area contributed by atoms with Gasteiger partial charge in [0.25, 0.3) is 5.76 Å². The Balaban J connectivity index is 0.000000348. The maximum atomic E-state index is 13.2. The summed E-state index contributed by atoms with van der Waals surface area (Å²) < 4.78 is 15.9. The van der Waals surface area contributed by atoms with Crippen LogP contribution in [0.1, 0.15) is 172 Å². The van der Waals surface area contributed by atoms with Crippen molar-refractivity contribution in [2.45, 2.75) is 162 Å². The molecule has 2 N–H and O–H groups in total. The minimum atomic E-state index is -2.37. The van der Waals surface area contributed by atoms with E-state index in [2.05, 4.69) is 64.1 Å².